The van der Waals surface area contributed by atoms with Crippen LogP contribution in [0, 0.1) is 0 Å². The molecule has 100 valence electrons. The van der Waals surface area contributed by atoms with E-state index >= 15 is 0 Å². The minimum absolute atomic E-state index is 0.00293. The number of nitrogens with zero attached hydrogens (tertiary/aromatic N) is 2. The van der Waals surface area contributed by atoms with E-state index in [1.807, 2.05) is 0 Å². The molecule has 1 aliphatic heterocycles. The number of carboxylic acid groups (broad SMARTS) is 1. The molecule has 1 saturated heterocycles. The Morgan fingerprint density at radius 1 is 1.50 bits per heavy atom. The second-order valence-electron chi connectivity index (χ2n) is 3.82. The summed E-state index contributed by atoms with van der Waals surface area (Å²) in [5.41, 5.74) is 0. The van der Waals surface area contributed by atoms with Gasteiger partial charge in [-0.3, -0.25) is 9.00 Å². The second kappa shape index (κ2) is 6.48. The van der Waals surface area contributed by atoms with Gasteiger partial charge >= 0.3 is 5.97 Å². The number of rotatable bonds is 5. The Kier molecular flexibility index (Phi) is 4.95. The number of aliphatic carboxylic acids is 1. The molecular formula is C9H13N3O3S3. The highest BCUT2D eigenvalue weighted by atomic mass is 32.2. The normalized spacial score (nSPS) is 23.8. The fourth-order valence-electron chi connectivity index (χ4n) is 1.56. The molecule has 0 aromatic carbocycles. The summed E-state index contributed by atoms with van der Waals surface area (Å²) >= 11 is 2.53. The van der Waals surface area contributed by atoms with Crippen molar-refractivity contribution in [3.05, 3.63) is 0 Å². The Labute approximate surface area is 115 Å². The van der Waals surface area contributed by atoms with E-state index in [0.717, 1.165) is 24.3 Å². The highest BCUT2D eigenvalue weighted by Gasteiger charge is 2.19. The van der Waals surface area contributed by atoms with Crippen LogP contribution in [0.15, 0.2) is 4.34 Å². The molecule has 0 radical (unpaired) electrons. The molecule has 6 nitrogen and oxygen atoms in total. The van der Waals surface area contributed by atoms with Gasteiger partial charge in [0.15, 0.2) is 4.34 Å². The van der Waals surface area contributed by atoms with Crippen LogP contribution in [0.2, 0.25) is 0 Å². The number of anilines is 1. The molecule has 0 atom stereocenters. The third-order valence-electron chi connectivity index (χ3n) is 2.44. The number of hydrogen-bond acceptors (Lipinski definition) is 7. The quantitative estimate of drug-likeness (QED) is 0.785. The van der Waals surface area contributed by atoms with Crippen LogP contribution >= 0.6 is 23.1 Å². The van der Waals surface area contributed by atoms with E-state index in [9.17, 15) is 9.00 Å². The van der Waals surface area contributed by atoms with Gasteiger partial charge in [-0.05, 0) is 12.8 Å². The van der Waals surface area contributed by atoms with Crippen LogP contribution in [0.1, 0.15) is 12.8 Å². The summed E-state index contributed by atoms with van der Waals surface area (Å²) in [6.07, 6.45) is 1.76. The molecule has 0 unspecified atom stereocenters. The lowest BCUT2D eigenvalue weighted by atomic mass is 10.2. The Morgan fingerprint density at radius 2 is 2.22 bits per heavy atom. The van der Waals surface area contributed by atoms with Gasteiger partial charge in [0.1, 0.15) is 0 Å². The van der Waals surface area contributed by atoms with Gasteiger partial charge in [0.25, 0.3) is 0 Å². The molecule has 0 bridgehead atoms. The van der Waals surface area contributed by atoms with E-state index in [-0.39, 0.29) is 5.75 Å². The fraction of sp³-hybridized carbons (Fsp3) is 0.667. The maximum atomic E-state index is 11.2. The van der Waals surface area contributed by atoms with E-state index in [1.165, 1.54) is 23.1 Å². The van der Waals surface area contributed by atoms with Gasteiger partial charge in [-0.2, -0.15) is 0 Å². The van der Waals surface area contributed by atoms with Gasteiger partial charge in [-0.25, -0.2) is 0 Å². The summed E-state index contributed by atoms with van der Waals surface area (Å²) in [5, 5.41) is 20.4. The Morgan fingerprint density at radius 3 is 2.89 bits per heavy atom. The average Bonchev–Trinajstić information content (AvgIpc) is 2.77. The van der Waals surface area contributed by atoms with Crippen LogP contribution in [0.4, 0.5) is 5.13 Å². The zero-order valence-electron chi connectivity index (χ0n) is 9.50. The predicted octanol–water partition coefficient (Wildman–Crippen LogP) is 1.04. The zero-order chi connectivity index (χ0) is 13.0. The van der Waals surface area contributed by atoms with E-state index < -0.39 is 16.8 Å². The van der Waals surface area contributed by atoms with Crippen LogP contribution in [-0.2, 0) is 15.6 Å². The van der Waals surface area contributed by atoms with Gasteiger partial charge in [-0.1, -0.05) is 23.1 Å². The highest BCUT2D eigenvalue weighted by Crippen LogP contribution is 2.26. The third-order valence-corrected chi connectivity index (χ3v) is 5.80. The van der Waals surface area contributed by atoms with Gasteiger partial charge in [-0.15, -0.1) is 10.2 Å². The lowest BCUT2D eigenvalue weighted by Crippen LogP contribution is -2.29. The first-order valence-corrected chi connectivity index (χ1v) is 8.72. The van der Waals surface area contributed by atoms with E-state index in [4.69, 9.17) is 5.11 Å². The van der Waals surface area contributed by atoms with Crippen molar-refractivity contribution < 1.29 is 14.1 Å². The minimum Gasteiger partial charge on any atom is -0.481 e. The summed E-state index contributed by atoms with van der Waals surface area (Å²) in [6.45, 7) is 0. The van der Waals surface area contributed by atoms with Crippen molar-refractivity contribution >= 4 is 45.0 Å². The Hall–Kier alpha value is -0.670. The summed E-state index contributed by atoms with van der Waals surface area (Å²) in [7, 11) is -0.664. The van der Waals surface area contributed by atoms with Crippen LogP contribution in [0.3, 0.4) is 0 Å². The summed E-state index contributed by atoms with van der Waals surface area (Å²) in [4.78, 5) is 10.4. The molecule has 0 spiro atoms. The molecule has 1 fully saturated rings. The lowest BCUT2D eigenvalue weighted by molar-refractivity contribution is -0.133. The molecule has 0 amide bonds. The molecule has 0 saturated carbocycles. The van der Waals surface area contributed by atoms with Crippen LogP contribution in [-0.4, -0.2) is 48.8 Å². The molecule has 2 heterocycles. The molecule has 2 N–H and O–H groups in total. The molecule has 1 aromatic rings. The Balaban J connectivity index is 1.82. The maximum absolute atomic E-state index is 11.2. The lowest BCUT2D eigenvalue weighted by Gasteiger charge is -2.21. The molecule has 0 aliphatic carbocycles. The molecule has 18 heavy (non-hydrogen) atoms. The third kappa shape index (κ3) is 4.21. The molecule has 9 heteroatoms. The molecular weight excluding hydrogens is 294 g/mol. The fourth-order valence-corrected chi connectivity index (χ4v) is 4.41. The van der Waals surface area contributed by atoms with E-state index in [2.05, 4.69) is 15.5 Å². The summed E-state index contributed by atoms with van der Waals surface area (Å²) < 4.78 is 11.9. The maximum Gasteiger partial charge on any atom is 0.313 e. The highest BCUT2D eigenvalue weighted by molar-refractivity contribution is 8.01. The average molecular weight is 307 g/mol. The van der Waals surface area contributed by atoms with Crippen LogP contribution in [0.25, 0.3) is 0 Å². The molecule has 2 rings (SSSR count). The van der Waals surface area contributed by atoms with Gasteiger partial charge < -0.3 is 10.4 Å². The second-order valence-corrected chi connectivity index (χ2v) is 7.72. The van der Waals surface area contributed by atoms with Crippen LogP contribution < -0.4 is 5.32 Å². The van der Waals surface area contributed by atoms with Gasteiger partial charge in [0, 0.05) is 28.3 Å². The van der Waals surface area contributed by atoms with Crippen molar-refractivity contribution in [3.8, 4) is 0 Å². The number of nitrogens with one attached hydrogen (secondary N) is 1. The van der Waals surface area contributed by atoms with E-state index in [1.54, 1.807) is 0 Å². The number of aromatic nitrogens is 2. The topological polar surface area (TPSA) is 92.2 Å². The number of thioether (sulfide) groups is 1. The monoisotopic (exact) mass is 307 g/mol. The van der Waals surface area contributed by atoms with Crippen LogP contribution in [0.5, 0.6) is 0 Å². The van der Waals surface area contributed by atoms with Crippen molar-refractivity contribution in [2.75, 3.05) is 22.6 Å². The van der Waals surface area contributed by atoms with Crippen molar-refractivity contribution in [2.24, 2.45) is 0 Å². The van der Waals surface area contributed by atoms with Crippen molar-refractivity contribution in [1.29, 1.82) is 0 Å². The minimum atomic E-state index is -0.862. The molecule has 1 aliphatic rings. The van der Waals surface area contributed by atoms with Crippen molar-refractivity contribution in [1.82, 2.24) is 10.2 Å². The van der Waals surface area contributed by atoms with Gasteiger partial charge in [0.2, 0.25) is 5.13 Å². The predicted molar refractivity (Wildman–Crippen MR) is 72.8 cm³/mol. The van der Waals surface area contributed by atoms with Gasteiger partial charge in [0.05, 0.1) is 5.75 Å². The molecule has 1 aromatic heterocycles. The Bertz CT molecular complexity index is 441. The first kappa shape index (κ1) is 13.8. The largest absolute Gasteiger partial charge is 0.481 e. The van der Waals surface area contributed by atoms with Crippen molar-refractivity contribution in [3.63, 3.8) is 0 Å². The first-order chi connectivity index (χ1) is 8.63. The smallest absolute Gasteiger partial charge is 0.313 e. The first-order valence-electron chi connectivity index (χ1n) is 5.43. The number of carbonyl (C=O) groups is 1. The summed E-state index contributed by atoms with van der Waals surface area (Å²) in [5.74, 6) is 0.602. The number of hydrogen-bond donors (Lipinski definition) is 2. The zero-order valence-corrected chi connectivity index (χ0v) is 11.9. The van der Waals surface area contributed by atoms with Crippen molar-refractivity contribution in [2.45, 2.75) is 23.2 Å². The van der Waals surface area contributed by atoms with E-state index in [0.29, 0.717) is 15.5 Å². The SMILES string of the molecule is O=C(O)CSc1nnc(NC2CCS(=O)CC2)s1. The summed E-state index contributed by atoms with van der Waals surface area (Å²) in [6, 6.07) is 0.299. The number of carboxylic acids is 1. The standard InChI is InChI=1S/C9H13N3O3S3/c13-7(14)5-16-9-12-11-8(17-9)10-6-1-3-18(15)4-2-6/h6H,1-5H2,(H,10,11)(H,13,14).